The molecule has 11 nitrogen and oxygen atoms in total. The summed E-state index contributed by atoms with van der Waals surface area (Å²) in [5.41, 5.74) is 10.5. The molecule has 0 heterocycles. The van der Waals surface area contributed by atoms with Crippen LogP contribution in [0.2, 0.25) is 0 Å². The number of nitrogens with two attached hydrogens (primary N) is 2. The second kappa shape index (κ2) is 11.8. The Hall–Kier alpha value is -2.69. The number of amides is 4. The van der Waals surface area contributed by atoms with Crippen LogP contribution in [0.25, 0.3) is 0 Å². The zero-order valence-corrected chi connectivity index (χ0v) is 15.8. The lowest BCUT2D eigenvalue weighted by Gasteiger charge is -2.22. The van der Waals surface area contributed by atoms with Crippen molar-refractivity contribution in [3.63, 3.8) is 0 Å². The fourth-order valence-electron chi connectivity index (χ4n) is 2.05. The van der Waals surface area contributed by atoms with E-state index in [1.165, 1.54) is 6.92 Å². The monoisotopic (exact) mass is 387 g/mol. The molecular weight excluding hydrogens is 358 g/mol. The maximum Gasteiger partial charge on any atom is 0.326 e. The average molecular weight is 387 g/mol. The largest absolute Gasteiger partial charge is 0.480 e. The van der Waals surface area contributed by atoms with Gasteiger partial charge in [-0.3, -0.25) is 19.2 Å². The first-order valence-corrected chi connectivity index (χ1v) is 8.63. The van der Waals surface area contributed by atoms with Crippen molar-refractivity contribution in [2.45, 2.75) is 58.2 Å². The van der Waals surface area contributed by atoms with Crippen LogP contribution in [-0.4, -0.2) is 59.4 Å². The summed E-state index contributed by atoms with van der Waals surface area (Å²) in [5, 5.41) is 16.2. The van der Waals surface area contributed by atoms with Gasteiger partial charge in [0.2, 0.25) is 23.6 Å². The minimum Gasteiger partial charge on any atom is -0.480 e. The quantitative estimate of drug-likeness (QED) is 0.219. The topological polar surface area (TPSA) is 194 Å². The van der Waals surface area contributed by atoms with Gasteiger partial charge in [-0.1, -0.05) is 20.3 Å². The second-order valence-electron chi connectivity index (χ2n) is 6.33. The Balaban J connectivity index is 4.44. The SMILES string of the molecule is CCC(C)C(NC(=O)C(C)NC(=O)CNC(=O)C(N)CCC(N)=O)C(=O)O. The van der Waals surface area contributed by atoms with Crippen molar-refractivity contribution in [3.05, 3.63) is 0 Å². The number of hydrogen-bond acceptors (Lipinski definition) is 6. The molecule has 4 amide bonds. The number of carboxylic acids is 1. The standard InChI is InChI=1S/C16H29N5O6/c1-4-8(2)13(16(26)27)21-14(24)9(3)20-12(23)7-19-15(25)10(17)5-6-11(18)22/h8-10,13H,4-7,17H2,1-3H3,(H2,18,22)(H,19,25)(H,20,23)(H,21,24)(H,26,27). The molecule has 0 aliphatic rings. The maximum absolute atomic E-state index is 12.1. The molecule has 4 atom stereocenters. The highest BCUT2D eigenvalue weighted by Gasteiger charge is 2.27. The number of carboxylic acid groups (broad SMARTS) is 1. The lowest BCUT2D eigenvalue weighted by Crippen LogP contribution is -2.54. The molecule has 0 fully saturated rings. The van der Waals surface area contributed by atoms with Crippen LogP contribution in [0.1, 0.15) is 40.0 Å². The van der Waals surface area contributed by atoms with E-state index >= 15 is 0 Å². The van der Waals surface area contributed by atoms with Gasteiger partial charge in [0.15, 0.2) is 0 Å². The molecule has 0 spiro atoms. The van der Waals surface area contributed by atoms with Crippen LogP contribution >= 0.6 is 0 Å². The number of nitrogens with one attached hydrogen (secondary N) is 3. The number of carbonyl (C=O) groups is 5. The highest BCUT2D eigenvalue weighted by atomic mass is 16.4. The predicted molar refractivity (Wildman–Crippen MR) is 96.0 cm³/mol. The van der Waals surface area contributed by atoms with Crippen molar-refractivity contribution in [1.29, 1.82) is 0 Å². The van der Waals surface area contributed by atoms with Gasteiger partial charge in [-0.2, -0.15) is 0 Å². The molecule has 0 rings (SSSR count). The molecule has 0 saturated carbocycles. The minimum absolute atomic E-state index is 0.0494. The smallest absolute Gasteiger partial charge is 0.326 e. The van der Waals surface area contributed by atoms with Crippen molar-refractivity contribution in [3.8, 4) is 0 Å². The molecular formula is C16H29N5O6. The number of primary amides is 1. The molecule has 0 aliphatic carbocycles. The van der Waals surface area contributed by atoms with E-state index in [1.807, 2.05) is 0 Å². The zero-order chi connectivity index (χ0) is 21.1. The van der Waals surface area contributed by atoms with E-state index in [9.17, 15) is 29.1 Å². The molecule has 27 heavy (non-hydrogen) atoms. The number of aliphatic carboxylic acids is 1. The molecule has 8 N–H and O–H groups in total. The van der Waals surface area contributed by atoms with Crippen LogP contribution < -0.4 is 27.4 Å². The number of hydrogen-bond donors (Lipinski definition) is 6. The van der Waals surface area contributed by atoms with E-state index in [0.29, 0.717) is 6.42 Å². The normalized spacial score (nSPS) is 15.0. The van der Waals surface area contributed by atoms with Crippen LogP contribution in [0.3, 0.4) is 0 Å². The third-order valence-corrected chi connectivity index (χ3v) is 4.01. The highest BCUT2D eigenvalue weighted by Crippen LogP contribution is 2.08. The van der Waals surface area contributed by atoms with E-state index in [4.69, 9.17) is 11.5 Å². The summed E-state index contributed by atoms with van der Waals surface area (Å²) < 4.78 is 0. The van der Waals surface area contributed by atoms with E-state index in [2.05, 4.69) is 16.0 Å². The first-order valence-electron chi connectivity index (χ1n) is 8.63. The summed E-state index contributed by atoms with van der Waals surface area (Å²) in [6, 6.07) is -3.05. The van der Waals surface area contributed by atoms with Gasteiger partial charge in [-0.25, -0.2) is 4.79 Å². The molecule has 0 aromatic rings. The summed E-state index contributed by atoms with van der Waals surface area (Å²) in [7, 11) is 0. The van der Waals surface area contributed by atoms with Crippen LogP contribution in [0.15, 0.2) is 0 Å². The highest BCUT2D eigenvalue weighted by molar-refractivity contribution is 5.92. The zero-order valence-electron chi connectivity index (χ0n) is 15.8. The third-order valence-electron chi connectivity index (χ3n) is 4.01. The molecule has 0 aliphatic heterocycles. The van der Waals surface area contributed by atoms with Crippen molar-refractivity contribution in [2.75, 3.05) is 6.54 Å². The summed E-state index contributed by atoms with van der Waals surface area (Å²) in [6.45, 7) is 4.46. The van der Waals surface area contributed by atoms with Gasteiger partial charge in [0.25, 0.3) is 0 Å². The molecule has 0 bridgehead atoms. The van der Waals surface area contributed by atoms with Crippen LogP contribution in [0, 0.1) is 5.92 Å². The maximum atomic E-state index is 12.1. The van der Waals surface area contributed by atoms with Gasteiger partial charge in [-0.15, -0.1) is 0 Å². The first kappa shape index (κ1) is 24.3. The Morgan fingerprint density at radius 1 is 1.04 bits per heavy atom. The van der Waals surface area contributed by atoms with E-state index < -0.39 is 54.3 Å². The van der Waals surface area contributed by atoms with Gasteiger partial charge < -0.3 is 32.5 Å². The lowest BCUT2D eigenvalue weighted by molar-refractivity contribution is -0.143. The second-order valence-corrected chi connectivity index (χ2v) is 6.33. The molecule has 4 unspecified atom stereocenters. The fourth-order valence-corrected chi connectivity index (χ4v) is 2.05. The number of rotatable bonds is 12. The summed E-state index contributed by atoms with van der Waals surface area (Å²) in [6.07, 6.45) is 0.548. The Kier molecular flexibility index (Phi) is 10.7. The minimum atomic E-state index is -1.16. The van der Waals surface area contributed by atoms with Crippen LogP contribution in [0.4, 0.5) is 0 Å². The van der Waals surface area contributed by atoms with Gasteiger partial charge in [0.1, 0.15) is 12.1 Å². The van der Waals surface area contributed by atoms with E-state index in [0.717, 1.165) is 0 Å². The van der Waals surface area contributed by atoms with Crippen molar-refractivity contribution < 1.29 is 29.1 Å². The Morgan fingerprint density at radius 3 is 2.11 bits per heavy atom. The summed E-state index contributed by atoms with van der Waals surface area (Å²) in [4.78, 5) is 57.5. The lowest BCUT2D eigenvalue weighted by atomic mass is 9.99. The fraction of sp³-hybridized carbons (Fsp3) is 0.688. The Bertz CT molecular complexity index is 568. The van der Waals surface area contributed by atoms with Crippen molar-refractivity contribution in [2.24, 2.45) is 17.4 Å². The molecule has 154 valence electrons. The Labute approximate surface area is 157 Å². The third kappa shape index (κ3) is 9.54. The predicted octanol–water partition coefficient (Wildman–Crippen LogP) is -2.18. The van der Waals surface area contributed by atoms with Gasteiger partial charge >= 0.3 is 5.97 Å². The molecule has 0 aromatic carbocycles. The van der Waals surface area contributed by atoms with E-state index in [1.54, 1.807) is 13.8 Å². The molecule has 0 saturated heterocycles. The van der Waals surface area contributed by atoms with Crippen molar-refractivity contribution >= 4 is 29.6 Å². The van der Waals surface area contributed by atoms with Gasteiger partial charge in [0, 0.05) is 6.42 Å². The summed E-state index contributed by atoms with van der Waals surface area (Å²) >= 11 is 0. The Morgan fingerprint density at radius 2 is 1.63 bits per heavy atom. The van der Waals surface area contributed by atoms with E-state index in [-0.39, 0.29) is 18.8 Å². The van der Waals surface area contributed by atoms with Crippen molar-refractivity contribution in [1.82, 2.24) is 16.0 Å². The molecule has 0 radical (unpaired) electrons. The first-order chi connectivity index (χ1) is 12.5. The number of carbonyl (C=O) groups excluding carboxylic acids is 4. The van der Waals surface area contributed by atoms with Crippen LogP contribution in [-0.2, 0) is 24.0 Å². The average Bonchev–Trinajstić information content (AvgIpc) is 2.60. The van der Waals surface area contributed by atoms with Crippen LogP contribution in [0.5, 0.6) is 0 Å². The molecule has 0 aromatic heterocycles. The van der Waals surface area contributed by atoms with Gasteiger partial charge in [-0.05, 0) is 19.3 Å². The molecule has 11 heteroatoms. The van der Waals surface area contributed by atoms with Gasteiger partial charge in [0.05, 0.1) is 12.6 Å². The summed E-state index contributed by atoms with van der Waals surface area (Å²) in [5.74, 6) is -3.97.